The fraction of sp³-hybridized carbons (Fsp3) is 0.500. The Morgan fingerprint density at radius 2 is 1.57 bits per heavy atom. The Morgan fingerprint density at radius 3 is 2.10 bits per heavy atom. The van der Waals surface area contributed by atoms with E-state index in [9.17, 15) is 0 Å². The second-order valence-electron chi connectivity index (χ2n) is 5.94. The molecule has 21 heavy (non-hydrogen) atoms. The Labute approximate surface area is 126 Å². The number of anilines is 2. The van der Waals surface area contributed by atoms with Gasteiger partial charge in [-0.15, -0.1) is 5.10 Å². The summed E-state index contributed by atoms with van der Waals surface area (Å²) in [6.45, 7) is 8.42. The number of aromatic nitrogens is 3. The highest BCUT2D eigenvalue weighted by molar-refractivity contribution is 5.49. The highest BCUT2D eigenvalue weighted by Crippen LogP contribution is 2.21. The van der Waals surface area contributed by atoms with Crippen LogP contribution in [0.4, 0.5) is 11.6 Å². The van der Waals surface area contributed by atoms with Gasteiger partial charge in [0.05, 0.1) is 0 Å². The molecule has 112 valence electrons. The van der Waals surface area contributed by atoms with E-state index in [1.165, 1.54) is 11.3 Å². The summed E-state index contributed by atoms with van der Waals surface area (Å²) in [6, 6.07) is 8.97. The minimum absolute atomic E-state index is 0.589. The van der Waals surface area contributed by atoms with Crippen LogP contribution in [0.5, 0.6) is 0 Å². The second kappa shape index (κ2) is 5.76. The largest absolute Gasteiger partial charge is 0.368 e. The molecule has 1 aliphatic rings. The molecule has 0 atom stereocenters. The van der Waals surface area contributed by atoms with Gasteiger partial charge in [0.1, 0.15) is 6.33 Å². The van der Waals surface area contributed by atoms with Gasteiger partial charge in [0.2, 0.25) is 5.95 Å². The zero-order valence-corrected chi connectivity index (χ0v) is 13.0. The number of hydrogen-bond acceptors (Lipinski definition) is 4. The summed E-state index contributed by atoms with van der Waals surface area (Å²) in [6.07, 6.45) is 1.76. The molecular formula is C16H23N5. The van der Waals surface area contributed by atoms with Crippen LogP contribution in [0.1, 0.15) is 25.3 Å². The predicted molar refractivity (Wildman–Crippen MR) is 86.0 cm³/mol. The summed E-state index contributed by atoms with van der Waals surface area (Å²) in [5.41, 5.74) is 2.71. The highest BCUT2D eigenvalue weighted by Gasteiger charge is 2.19. The third-order valence-corrected chi connectivity index (χ3v) is 4.07. The quantitative estimate of drug-likeness (QED) is 0.867. The first-order chi connectivity index (χ1) is 10.1. The summed E-state index contributed by atoms with van der Waals surface area (Å²) < 4.78 is 1.76. The van der Waals surface area contributed by atoms with Crippen molar-refractivity contribution in [2.75, 3.05) is 36.0 Å². The first-order valence-electron chi connectivity index (χ1n) is 7.59. The molecule has 2 aromatic rings. The topological polar surface area (TPSA) is 37.2 Å². The lowest BCUT2D eigenvalue weighted by Crippen LogP contribution is -2.47. The van der Waals surface area contributed by atoms with E-state index in [-0.39, 0.29) is 0 Å². The molecule has 1 aliphatic heterocycles. The van der Waals surface area contributed by atoms with Gasteiger partial charge in [-0.25, -0.2) is 4.98 Å². The van der Waals surface area contributed by atoms with E-state index in [1.807, 2.05) is 7.05 Å². The van der Waals surface area contributed by atoms with Gasteiger partial charge >= 0.3 is 0 Å². The molecule has 0 bridgehead atoms. The summed E-state index contributed by atoms with van der Waals surface area (Å²) in [5.74, 6) is 1.43. The van der Waals surface area contributed by atoms with E-state index in [2.05, 4.69) is 58.0 Å². The Morgan fingerprint density at radius 1 is 0.952 bits per heavy atom. The van der Waals surface area contributed by atoms with Crippen molar-refractivity contribution < 1.29 is 0 Å². The van der Waals surface area contributed by atoms with Crippen molar-refractivity contribution in [3.8, 4) is 0 Å². The lowest BCUT2D eigenvalue weighted by atomic mass is 10.0. The van der Waals surface area contributed by atoms with Crippen molar-refractivity contribution in [3.05, 3.63) is 36.2 Å². The Balaban J connectivity index is 1.62. The Hall–Kier alpha value is -2.04. The maximum atomic E-state index is 4.38. The van der Waals surface area contributed by atoms with Gasteiger partial charge in [-0.3, -0.25) is 4.68 Å². The lowest BCUT2D eigenvalue weighted by Gasteiger charge is -2.35. The number of piperazine rings is 1. The molecule has 1 saturated heterocycles. The van der Waals surface area contributed by atoms with Gasteiger partial charge in [0.15, 0.2) is 0 Å². The van der Waals surface area contributed by atoms with Crippen LogP contribution in [0.3, 0.4) is 0 Å². The van der Waals surface area contributed by atoms with Gasteiger partial charge in [0.25, 0.3) is 0 Å². The fourth-order valence-electron chi connectivity index (χ4n) is 2.71. The van der Waals surface area contributed by atoms with Gasteiger partial charge < -0.3 is 9.80 Å². The zero-order valence-electron chi connectivity index (χ0n) is 13.0. The molecule has 1 aromatic carbocycles. The van der Waals surface area contributed by atoms with Gasteiger partial charge in [-0.2, -0.15) is 0 Å². The number of nitrogens with zero attached hydrogens (tertiary/aromatic N) is 5. The summed E-state index contributed by atoms with van der Waals surface area (Å²) in [5, 5.41) is 4.38. The number of hydrogen-bond donors (Lipinski definition) is 0. The summed E-state index contributed by atoms with van der Waals surface area (Å²) >= 11 is 0. The molecule has 0 radical (unpaired) electrons. The van der Waals surface area contributed by atoms with Crippen molar-refractivity contribution in [3.63, 3.8) is 0 Å². The molecule has 2 heterocycles. The summed E-state index contributed by atoms with van der Waals surface area (Å²) in [4.78, 5) is 9.01. The van der Waals surface area contributed by atoms with E-state index < -0.39 is 0 Å². The van der Waals surface area contributed by atoms with Crippen molar-refractivity contribution in [1.82, 2.24) is 14.8 Å². The van der Waals surface area contributed by atoms with Crippen LogP contribution >= 0.6 is 0 Å². The van der Waals surface area contributed by atoms with Gasteiger partial charge in [-0.1, -0.05) is 26.0 Å². The molecule has 0 saturated carbocycles. The van der Waals surface area contributed by atoms with E-state index in [0.29, 0.717) is 5.92 Å². The van der Waals surface area contributed by atoms with Crippen LogP contribution in [0.25, 0.3) is 0 Å². The molecule has 0 unspecified atom stereocenters. The first kappa shape index (κ1) is 13.9. The molecule has 5 nitrogen and oxygen atoms in total. The van der Waals surface area contributed by atoms with E-state index in [0.717, 1.165) is 32.1 Å². The van der Waals surface area contributed by atoms with E-state index >= 15 is 0 Å². The van der Waals surface area contributed by atoms with E-state index in [4.69, 9.17) is 0 Å². The fourth-order valence-corrected chi connectivity index (χ4v) is 2.71. The molecule has 3 rings (SSSR count). The highest BCUT2D eigenvalue weighted by atomic mass is 15.4. The molecule has 0 amide bonds. The smallest absolute Gasteiger partial charge is 0.244 e. The van der Waals surface area contributed by atoms with Crippen LogP contribution in [-0.4, -0.2) is 40.9 Å². The SMILES string of the molecule is CC(C)c1ccc(N2CCN(c3ncn(C)n3)CC2)cc1. The molecule has 0 spiro atoms. The molecule has 0 N–H and O–H groups in total. The molecule has 1 aromatic heterocycles. The average molecular weight is 285 g/mol. The Bertz CT molecular complexity index is 579. The molecule has 0 aliphatic carbocycles. The molecular weight excluding hydrogens is 262 g/mol. The predicted octanol–water partition coefficient (Wildman–Crippen LogP) is 2.27. The Kier molecular flexibility index (Phi) is 3.82. The minimum Gasteiger partial charge on any atom is -0.368 e. The third-order valence-electron chi connectivity index (χ3n) is 4.07. The van der Waals surface area contributed by atoms with E-state index in [1.54, 1.807) is 11.0 Å². The van der Waals surface area contributed by atoms with Crippen molar-refractivity contribution in [2.24, 2.45) is 7.05 Å². The molecule has 5 heteroatoms. The first-order valence-corrected chi connectivity index (χ1v) is 7.59. The zero-order chi connectivity index (χ0) is 14.8. The lowest BCUT2D eigenvalue weighted by molar-refractivity contribution is 0.635. The average Bonchev–Trinajstić information content (AvgIpc) is 2.94. The molecule has 1 fully saturated rings. The van der Waals surface area contributed by atoms with Crippen molar-refractivity contribution in [1.29, 1.82) is 0 Å². The normalized spacial score (nSPS) is 15.8. The maximum Gasteiger partial charge on any atom is 0.244 e. The van der Waals surface area contributed by atoms with Gasteiger partial charge in [0, 0.05) is 38.9 Å². The number of rotatable bonds is 3. The van der Waals surface area contributed by atoms with Gasteiger partial charge in [-0.05, 0) is 23.6 Å². The minimum atomic E-state index is 0.589. The standard InChI is InChI=1S/C16H23N5/c1-13(2)14-4-6-15(7-5-14)20-8-10-21(11-9-20)16-17-12-19(3)18-16/h4-7,12-13H,8-11H2,1-3H3. The number of aryl methyl sites for hydroxylation is 1. The van der Waals surface area contributed by atoms with Crippen LogP contribution in [0.15, 0.2) is 30.6 Å². The van der Waals surface area contributed by atoms with Crippen LogP contribution in [0, 0.1) is 0 Å². The maximum absolute atomic E-state index is 4.38. The monoisotopic (exact) mass is 285 g/mol. The van der Waals surface area contributed by atoms with Crippen LogP contribution in [-0.2, 0) is 7.05 Å². The number of benzene rings is 1. The summed E-state index contributed by atoms with van der Waals surface area (Å²) in [7, 11) is 1.91. The van der Waals surface area contributed by atoms with Crippen molar-refractivity contribution >= 4 is 11.6 Å². The van der Waals surface area contributed by atoms with Crippen molar-refractivity contribution in [2.45, 2.75) is 19.8 Å². The van der Waals surface area contributed by atoms with Crippen LogP contribution in [0.2, 0.25) is 0 Å². The third kappa shape index (κ3) is 3.01. The second-order valence-corrected chi connectivity index (χ2v) is 5.94. The van der Waals surface area contributed by atoms with Crippen LogP contribution < -0.4 is 9.80 Å².